The van der Waals surface area contributed by atoms with Gasteiger partial charge in [0.15, 0.2) is 0 Å². The maximum absolute atomic E-state index is 11.7. The fourth-order valence-corrected chi connectivity index (χ4v) is 10.3. The Morgan fingerprint density at radius 3 is 2.36 bits per heavy atom. The molecule has 3 heterocycles. The van der Waals surface area contributed by atoms with Crippen LogP contribution in [0.25, 0.3) is 0 Å². The van der Waals surface area contributed by atoms with E-state index in [1.54, 1.807) is 11.3 Å². The molecule has 2 fully saturated rings. The lowest BCUT2D eigenvalue weighted by Crippen LogP contribution is -2.34. The van der Waals surface area contributed by atoms with Crippen LogP contribution in [0.5, 0.6) is 0 Å². The average molecular weight is 803 g/mol. The zero-order valence-electron chi connectivity index (χ0n) is 27.0. The molecule has 12 heteroatoms. The van der Waals surface area contributed by atoms with Crippen LogP contribution in [0.1, 0.15) is 70.3 Å². The zero-order valence-corrected chi connectivity index (χ0v) is 32.6. The maximum atomic E-state index is 11.7. The van der Waals surface area contributed by atoms with E-state index in [-0.39, 0.29) is 5.38 Å². The van der Waals surface area contributed by atoms with E-state index in [1.165, 1.54) is 87.0 Å². The Kier molecular flexibility index (Phi) is 17.6. The molecule has 4 rings (SSSR count). The first-order valence-corrected chi connectivity index (χ1v) is 20.7. The second-order valence-corrected chi connectivity index (χ2v) is 17.4. The van der Waals surface area contributed by atoms with Crippen LogP contribution in [-0.4, -0.2) is 64.1 Å². The van der Waals surface area contributed by atoms with Crippen LogP contribution < -0.4 is 4.72 Å². The van der Waals surface area contributed by atoms with Crippen molar-refractivity contribution in [1.82, 2.24) is 13.9 Å². The van der Waals surface area contributed by atoms with Gasteiger partial charge in [0.1, 0.15) is 16.2 Å². The number of thiophene rings is 1. The van der Waals surface area contributed by atoms with Gasteiger partial charge in [0.2, 0.25) is 0 Å². The van der Waals surface area contributed by atoms with Crippen molar-refractivity contribution in [3.63, 3.8) is 0 Å². The van der Waals surface area contributed by atoms with Crippen molar-refractivity contribution >= 4 is 86.5 Å². The van der Waals surface area contributed by atoms with Crippen molar-refractivity contribution in [3.05, 3.63) is 74.2 Å². The summed E-state index contributed by atoms with van der Waals surface area (Å²) in [5.74, 6) is 1.70. The molecule has 1 aromatic heterocycles. The van der Waals surface area contributed by atoms with Crippen molar-refractivity contribution < 1.29 is 9.90 Å². The number of nitrogens with one attached hydrogen (secondary N) is 1. The molecular weight excluding hydrogens is 755 g/mol. The van der Waals surface area contributed by atoms with E-state index in [4.69, 9.17) is 23.2 Å². The first-order valence-electron chi connectivity index (χ1n) is 16.6. The molecular formula is C35H47BrCl2N4O2S3. The minimum Gasteiger partial charge on any atom is -0.480 e. The number of nitrogens with zero attached hydrogens (tertiary/aromatic N) is 3. The summed E-state index contributed by atoms with van der Waals surface area (Å²) in [6.07, 6.45) is 17.8. The second kappa shape index (κ2) is 21.3. The highest BCUT2D eigenvalue weighted by Crippen LogP contribution is 2.40. The molecule has 0 saturated carbocycles. The number of likely N-dealkylation sites (tertiary alicyclic amines) is 1. The van der Waals surface area contributed by atoms with E-state index in [0.29, 0.717) is 6.42 Å². The fraction of sp³-hybridized carbons (Fsp3) is 0.543. The largest absolute Gasteiger partial charge is 0.480 e. The Hall–Kier alpha value is -0.980. The number of benzene rings is 1. The zero-order chi connectivity index (χ0) is 33.4. The number of halogens is 3. The number of rotatable bonds is 18. The first kappa shape index (κ1) is 38.8. The number of unbranched alkanes of at least 4 members (excludes halogenated alkanes) is 2. The van der Waals surface area contributed by atoms with Crippen LogP contribution in [0, 0.1) is 11.8 Å². The van der Waals surface area contributed by atoms with Crippen molar-refractivity contribution in [3.8, 4) is 0 Å². The standard InChI is InChI=1S/C35H47BrCl2N4O2S3/c1-2-39-32(24-29(37)17-22-45-40-31(35(43)44)23-28-11-7-4-8-12-28)41-18-13-26(14-19-41)9-5-3-6-10-27-15-20-42(21-16-27)47-33-25-30(36)34(38)46-33/h2,4,7-8,11-12,17,22,24-27,29,31,40H,3,5-6,9-10,13-16,18-21,23H2,1H3,(H,43,44)/b22-17+,32-24?,39-2-/t29?,31-/m0/s1. The molecule has 0 spiro atoms. The van der Waals surface area contributed by atoms with Crippen molar-refractivity contribution in [2.24, 2.45) is 16.8 Å². The number of allylic oxidation sites excluding steroid dienone is 2. The Morgan fingerprint density at radius 2 is 1.77 bits per heavy atom. The van der Waals surface area contributed by atoms with Gasteiger partial charge in [-0.1, -0.05) is 92.1 Å². The summed E-state index contributed by atoms with van der Waals surface area (Å²) in [6, 6.07) is 11.1. The number of carboxylic acids is 1. The van der Waals surface area contributed by atoms with Crippen LogP contribution in [0.2, 0.25) is 4.34 Å². The van der Waals surface area contributed by atoms with Crippen molar-refractivity contribution in [2.75, 3.05) is 26.2 Å². The van der Waals surface area contributed by atoms with Gasteiger partial charge in [-0.3, -0.25) is 4.79 Å². The fourth-order valence-electron chi connectivity index (χ4n) is 6.11. The van der Waals surface area contributed by atoms with E-state index >= 15 is 0 Å². The van der Waals surface area contributed by atoms with Gasteiger partial charge >= 0.3 is 5.97 Å². The molecule has 0 aliphatic carbocycles. The van der Waals surface area contributed by atoms with E-state index in [1.807, 2.05) is 73.0 Å². The van der Waals surface area contributed by atoms with Gasteiger partial charge in [-0.05, 0) is 102 Å². The van der Waals surface area contributed by atoms with Gasteiger partial charge in [-0.25, -0.2) is 14.0 Å². The quantitative estimate of drug-likeness (QED) is 0.0673. The van der Waals surface area contributed by atoms with Gasteiger partial charge in [0.25, 0.3) is 0 Å². The summed E-state index contributed by atoms with van der Waals surface area (Å²) in [7, 11) is 0. The summed E-state index contributed by atoms with van der Waals surface area (Å²) < 4.78 is 8.63. The number of carbonyl (C=O) groups is 1. The summed E-state index contributed by atoms with van der Waals surface area (Å²) >= 11 is 21.1. The Bertz CT molecular complexity index is 1290. The molecule has 2 saturated heterocycles. The van der Waals surface area contributed by atoms with Gasteiger partial charge in [0, 0.05) is 36.9 Å². The molecule has 2 aliphatic rings. The first-order chi connectivity index (χ1) is 22.8. The normalized spacial score (nSPS) is 18.8. The Labute approximate surface area is 312 Å². The maximum Gasteiger partial charge on any atom is 0.321 e. The lowest BCUT2D eigenvalue weighted by molar-refractivity contribution is -0.138. The van der Waals surface area contributed by atoms with Crippen LogP contribution in [0.3, 0.4) is 0 Å². The third-order valence-corrected chi connectivity index (χ3v) is 13.4. The second-order valence-electron chi connectivity index (χ2n) is 12.2. The van der Waals surface area contributed by atoms with Crippen LogP contribution in [-0.2, 0) is 11.2 Å². The predicted octanol–water partition coefficient (Wildman–Crippen LogP) is 10.5. The van der Waals surface area contributed by atoms with Gasteiger partial charge < -0.3 is 10.0 Å². The number of alkyl halides is 1. The van der Waals surface area contributed by atoms with Gasteiger partial charge in [-0.2, -0.15) is 0 Å². The number of carboxylic acid groups (broad SMARTS) is 1. The third kappa shape index (κ3) is 14.0. The van der Waals surface area contributed by atoms with Crippen LogP contribution in [0.4, 0.5) is 0 Å². The molecule has 1 unspecified atom stereocenters. The highest BCUT2D eigenvalue weighted by atomic mass is 79.9. The van der Waals surface area contributed by atoms with Crippen LogP contribution in [0.15, 0.2) is 73.5 Å². The lowest BCUT2D eigenvalue weighted by atomic mass is 9.89. The highest BCUT2D eigenvalue weighted by Gasteiger charge is 2.23. The van der Waals surface area contributed by atoms with E-state index in [9.17, 15) is 9.90 Å². The predicted molar refractivity (Wildman–Crippen MR) is 208 cm³/mol. The number of hydrogen-bond donors (Lipinski definition) is 2. The number of aliphatic imine (C=N–C) groups is 1. The van der Waals surface area contributed by atoms with Crippen molar-refractivity contribution in [2.45, 2.75) is 86.8 Å². The van der Waals surface area contributed by atoms with Crippen molar-refractivity contribution in [1.29, 1.82) is 0 Å². The van der Waals surface area contributed by atoms with Crippen LogP contribution >= 0.6 is 74.4 Å². The van der Waals surface area contributed by atoms with Gasteiger partial charge in [0.05, 0.1) is 9.59 Å². The third-order valence-electron chi connectivity index (χ3n) is 8.77. The molecule has 2 aromatic rings. The Morgan fingerprint density at radius 1 is 1.11 bits per heavy atom. The highest BCUT2D eigenvalue weighted by molar-refractivity contribution is 9.10. The number of hydrogen-bond acceptors (Lipinski definition) is 8. The minimum atomic E-state index is -0.878. The minimum absolute atomic E-state index is 0.341. The summed E-state index contributed by atoms with van der Waals surface area (Å²) in [4.78, 5) is 18.7. The molecule has 258 valence electrons. The van der Waals surface area contributed by atoms with E-state index in [2.05, 4.69) is 40.9 Å². The number of piperidine rings is 2. The monoisotopic (exact) mass is 800 g/mol. The molecule has 2 aliphatic heterocycles. The summed E-state index contributed by atoms with van der Waals surface area (Å²) in [5, 5.41) is 11.1. The number of aliphatic carboxylic acids is 1. The molecule has 1 aromatic carbocycles. The smallest absolute Gasteiger partial charge is 0.321 e. The molecule has 6 nitrogen and oxygen atoms in total. The summed E-state index contributed by atoms with van der Waals surface area (Å²) in [6.45, 7) is 6.27. The van der Waals surface area contributed by atoms with E-state index in [0.717, 1.165) is 45.1 Å². The molecule has 0 amide bonds. The SMILES string of the molecule is C/C=N\C(=CC(Cl)/C=C/SN[C@@H](Cc1ccccc1)C(=O)O)N1CCC(CCCCCC2CCN(Sc3cc(Br)c(Cl)s3)CC2)CC1. The molecule has 2 atom stereocenters. The molecule has 0 bridgehead atoms. The topological polar surface area (TPSA) is 68.2 Å². The summed E-state index contributed by atoms with van der Waals surface area (Å²) in [5.41, 5.74) is 0.980. The molecule has 2 N–H and O–H groups in total. The van der Waals surface area contributed by atoms with Gasteiger partial charge in [-0.15, -0.1) is 22.9 Å². The lowest BCUT2D eigenvalue weighted by Gasteiger charge is -2.34. The Balaban J connectivity index is 1.09. The van der Waals surface area contributed by atoms with E-state index < -0.39 is 12.0 Å². The average Bonchev–Trinajstić information content (AvgIpc) is 3.39. The molecule has 47 heavy (non-hydrogen) atoms. The molecule has 0 radical (unpaired) electrons.